The van der Waals surface area contributed by atoms with Gasteiger partial charge in [0, 0.05) is 14.0 Å². The third-order valence-corrected chi connectivity index (χ3v) is 4.10. The summed E-state index contributed by atoms with van der Waals surface area (Å²) in [4.78, 5) is 12.8. The van der Waals surface area contributed by atoms with Gasteiger partial charge in [0.2, 0.25) is 0 Å². The van der Waals surface area contributed by atoms with Crippen molar-refractivity contribution < 1.29 is 23.7 Å². The zero-order valence-electron chi connectivity index (χ0n) is 15.8. The molecule has 3 rings (SSSR count). The van der Waals surface area contributed by atoms with E-state index in [-0.39, 0.29) is 18.6 Å². The predicted molar refractivity (Wildman–Crippen MR) is 92.3 cm³/mol. The standard InChI is InChI=1S/C18H23N3O5/c1-10-7-11(2)14(12(3)8-10)25-17-20-15(19-16(21-17)22-5)13-9-24-18(4,23-6)26-13/h7-8,13H,9H2,1-6H3. The van der Waals surface area contributed by atoms with Gasteiger partial charge in [-0.15, -0.1) is 4.98 Å². The van der Waals surface area contributed by atoms with Gasteiger partial charge in [-0.1, -0.05) is 17.7 Å². The number of nitrogens with zero attached hydrogens (tertiary/aromatic N) is 3. The molecule has 2 atom stereocenters. The Morgan fingerprint density at radius 3 is 2.27 bits per heavy atom. The second-order valence-electron chi connectivity index (χ2n) is 6.28. The van der Waals surface area contributed by atoms with E-state index in [4.69, 9.17) is 23.7 Å². The van der Waals surface area contributed by atoms with Gasteiger partial charge in [-0.3, -0.25) is 0 Å². The monoisotopic (exact) mass is 361 g/mol. The minimum Gasteiger partial charge on any atom is -0.467 e. The van der Waals surface area contributed by atoms with E-state index in [1.54, 1.807) is 6.92 Å². The van der Waals surface area contributed by atoms with E-state index >= 15 is 0 Å². The highest BCUT2D eigenvalue weighted by molar-refractivity contribution is 5.44. The fourth-order valence-corrected chi connectivity index (χ4v) is 2.84. The predicted octanol–water partition coefficient (Wildman–Crippen LogP) is 3.01. The number of rotatable bonds is 5. The van der Waals surface area contributed by atoms with Crippen molar-refractivity contribution in [2.24, 2.45) is 0 Å². The number of aryl methyl sites for hydroxylation is 3. The second-order valence-corrected chi connectivity index (χ2v) is 6.28. The largest absolute Gasteiger partial charge is 0.467 e. The van der Waals surface area contributed by atoms with E-state index in [0.29, 0.717) is 11.6 Å². The highest BCUT2D eigenvalue weighted by Crippen LogP contribution is 2.34. The topological polar surface area (TPSA) is 84.8 Å². The lowest BCUT2D eigenvalue weighted by atomic mass is 10.1. The van der Waals surface area contributed by atoms with Crippen LogP contribution < -0.4 is 9.47 Å². The van der Waals surface area contributed by atoms with E-state index < -0.39 is 12.1 Å². The third-order valence-electron chi connectivity index (χ3n) is 4.10. The van der Waals surface area contributed by atoms with E-state index in [9.17, 15) is 0 Å². The van der Waals surface area contributed by atoms with Crippen LogP contribution in [0, 0.1) is 20.8 Å². The molecule has 1 aliphatic heterocycles. The van der Waals surface area contributed by atoms with E-state index in [1.165, 1.54) is 14.2 Å². The molecule has 0 bridgehead atoms. The van der Waals surface area contributed by atoms with Crippen molar-refractivity contribution in [1.82, 2.24) is 15.0 Å². The molecule has 1 aromatic carbocycles. The molecule has 8 nitrogen and oxygen atoms in total. The molecule has 1 aromatic heterocycles. The first-order chi connectivity index (χ1) is 12.3. The molecular formula is C18H23N3O5. The van der Waals surface area contributed by atoms with Crippen LogP contribution in [0.15, 0.2) is 12.1 Å². The summed E-state index contributed by atoms with van der Waals surface area (Å²) in [5.74, 6) is -0.0643. The van der Waals surface area contributed by atoms with E-state index in [2.05, 4.69) is 15.0 Å². The van der Waals surface area contributed by atoms with Gasteiger partial charge >= 0.3 is 12.0 Å². The highest BCUT2D eigenvalue weighted by Gasteiger charge is 2.40. The van der Waals surface area contributed by atoms with Crippen LogP contribution in [0.4, 0.5) is 0 Å². The molecule has 2 unspecified atom stereocenters. The van der Waals surface area contributed by atoms with Crippen molar-refractivity contribution in [2.75, 3.05) is 20.8 Å². The average Bonchev–Trinajstić information content (AvgIpc) is 3.01. The molecule has 140 valence electrons. The minimum atomic E-state index is -1.13. The molecule has 0 aliphatic carbocycles. The van der Waals surface area contributed by atoms with Crippen LogP contribution in [0.25, 0.3) is 0 Å². The molecule has 0 spiro atoms. The maximum Gasteiger partial charge on any atom is 0.328 e. The molecule has 1 saturated heterocycles. The van der Waals surface area contributed by atoms with Crippen LogP contribution in [-0.2, 0) is 14.2 Å². The van der Waals surface area contributed by atoms with Crippen LogP contribution in [0.3, 0.4) is 0 Å². The molecule has 1 fully saturated rings. The maximum atomic E-state index is 5.95. The number of hydrogen-bond acceptors (Lipinski definition) is 8. The molecule has 26 heavy (non-hydrogen) atoms. The Morgan fingerprint density at radius 2 is 1.69 bits per heavy atom. The second kappa shape index (κ2) is 7.14. The quantitative estimate of drug-likeness (QED) is 0.803. The Hall–Kier alpha value is -2.29. The highest BCUT2D eigenvalue weighted by atomic mass is 16.9. The van der Waals surface area contributed by atoms with Crippen LogP contribution >= 0.6 is 0 Å². The van der Waals surface area contributed by atoms with Gasteiger partial charge in [-0.25, -0.2) is 0 Å². The Bertz CT molecular complexity index is 790. The summed E-state index contributed by atoms with van der Waals surface area (Å²) in [6, 6.07) is 4.36. The van der Waals surface area contributed by atoms with Gasteiger partial charge < -0.3 is 23.7 Å². The number of aromatic nitrogens is 3. The summed E-state index contributed by atoms with van der Waals surface area (Å²) < 4.78 is 27.6. The van der Waals surface area contributed by atoms with Gasteiger partial charge in [-0.2, -0.15) is 9.97 Å². The smallest absolute Gasteiger partial charge is 0.328 e. The molecule has 2 heterocycles. The van der Waals surface area contributed by atoms with E-state index in [1.807, 2.05) is 32.9 Å². The fraction of sp³-hybridized carbons (Fsp3) is 0.500. The lowest BCUT2D eigenvalue weighted by Gasteiger charge is -2.20. The third kappa shape index (κ3) is 3.77. The van der Waals surface area contributed by atoms with Gasteiger partial charge in [0.15, 0.2) is 5.82 Å². The van der Waals surface area contributed by atoms with Gasteiger partial charge in [-0.05, 0) is 31.9 Å². The van der Waals surface area contributed by atoms with E-state index in [0.717, 1.165) is 16.7 Å². The van der Waals surface area contributed by atoms with Crippen molar-refractivity contribution in [3.05, 3.63) is 34.6 Å². The van der Waals surface area contributed by atoms with Gasteiger partial charge in [0.05, 0.1) is 13.7 Å². The minimum absolute atomic E-state index is 0.136. The normalized spacial score (nSPS) is 22.5. The average molecular weight is 361 g/mol. The van der Waals surface area contributed by atoms with Crippen molar-refractivity contribution in [1.29, 1.82) is 0 Å². The summed E-state index contributed by atoms with van der Waals surface area (Å²) in [6.07, 6.45) is -0.514. The molecule has 2 aromatic rings. The van der Waals surface area contributed by atoms with Crippen molar-refractivity contribution >= 4 is 0 Å². The molecule has 0 saturated carbocycles. The van der Waals surface area contributed by atoms with Crippen LogP contribution in [0.2, 0.25) is 0 Å². The summed E-state index contributed by atoms with van der Waals surface area (Å²) in [5, 5.41) is 0. The first kappa shape index (κ1) is 18.5. The summed E-state index contributed by atoms with van der Waals surface area (Å²) in [6.45, 7) is 7.93. The number of hydrogen-bond donors (Lipinski definition) is 0. The molecule has 1 aliphatic rings. The number of benzene rings is 1. The Kier molecular flexibility index (Phi) is 5.08. The lowest BCUT2D eigenvalue weighted by Crippen LogP contribution is -2.27. The van der Waals surface area contributed by atoms with Gasteiger partial charge in [0.25, 0.3) is 5.97 Å². The Morgan fingerprint density at radius 1 is 1.04 bits per heavy atom. The molecule has 0 radical (unpaired) electrons. The fourth-order valence-electron chi connectivity index (χ4n) is 2.84. The Balaban J connectivity index is 1.92. The number of methoxy groups -OCH3 is 2. The molecule has 8 heteroatoms. The van der Waals surface area contributed by atoms with Crippen LogP contribution in [0.5, 0.6) is 17.8 Å². The molecule has 0 N–H and O–H groups in total. The zero-order valence-corrected chi connectivity index (χ0v) is 15.8. The van der Waals surface area contributed by atoms with Crippen molar-refractivity contribution in [3.63, 3.8) is 0 Å². The summed E-state index contributed by atoms with van der Waals surface area (Å²) >= 11 is 0. The zero-order chi connectivity index (χ0) is 18.9. The summed E-state index contributed by atoms with van der Waals surface area (Å²) in [5.41, 5.74) is 3.16. The van der Waals surface area contributed by atoms with Crippen LogP contribution in [0.1, 0.15) is 35.5 Å². The Labute approximate surface area is 152 Å². The SMILES string of the molecule is COc1nc(Oc2c(C)cc(C)cc2C)nc(C2COC(C)(OC)O2)n1. The summed E-state index contributed by atoms with van der Waals surface area (Å²) in [7, 11) is 2.99. The van der Waals surface area contributed by atoms with Crippen molar-refractivity contribution in [2.45, 2.75) is 39.8 Å². The first-order valence-electron chi connectivity index (χ1n) is 8.26. The van der Waals surface area contributed by atoms with Gasteiger partial charge in [0.1, 0.15) is 11.9 Å². The lowest BCUT2D eigenvalue weighted by molar-refractivity contribution is -0.314. The van der Waals surface area contributed by atoms with Crippen molar-refractivity contribution in [3.8, 4) is 17.8 Å². The number of ether oxygens (including phenoxy) is 5. The molecular weight excluding hydrogens is 338 g/mol. The first-order valence-corrected chi connectivity index (χ1v) is 8.26. The maximum absolute atomic E-state index is 5.95. The molecule has 0 amide bonds. The van der Waals surface area contributed by atoms with Crippen LogP contribution in [-0.4, -0.2) is 41.8 Å².